The zero-order valence-corrected chi connectivity index (χ0v) is 31.2. The molecule has 0 amide bonds. The van der Waals surface area contributed by atoms with Crippen LogP contribution < -0.4 is 4.90 Å². The lowest BCUT2D eigenvalue weighted by Crippen LogP contribution is -2.10. The molecule has 0 unspecified atom stereocenters. The zero-order valence-electron chi connectivity index (χ0n) is 31.2. The molecule has 1 aliphatic rings. The summed E-state index contributed by atoms with van der Waals surface area (Å²) < 4.78 is 12.6. The standard InChI is InChI=1S/C54H37NO2/c1-2-12-36(13-3-1)39-14-10-15-43(34-39)55(41-29-24-37(25-30-41)40-28-33-53-50(35-40)47-19-7-8-22-51(47)56-53)42-31-26-38(27-32-42)44-16-4-5-17-45(44)48-20-11-21-49-46-18-6-9-23-52(46)57-54(48)49/h1-2,4-12,14-35H,3,13H2. The van der Waals surface area contributed by atoms with Gasteiger partial charge in [0.05, 0.1) is 0 Å². The largest absolute Gasteiger partial charge is 0.456 e. The van der Waals surface area contributed by atoms with Crippen molar-refractivity contribution in [2.45, 2.75) is 12.8 Å². The number of fused-ring (bicyclic) bond motifs is 6. The van der Waals surface area contributed by atoms with Crippen LogP contribution in [0.25, 0.3) is 82.8 Å². The molecule has 11 rings (SSSR count). The summed E-state index contributed by atoms with van der Waals surface area (Å²) in [5.41, 5.74) is 16.4. The quantitative estimate of drug-likeness (QED) is 0.163. The van der Waals surface area contributed by atoms with Gasteiger partial charge in [0.15, 0.2) is 0 Å². The second-order valence-corrected chi connectivity index (χ2v) is 14.8. The van der Waals surface area contributed by atoms with Crippen LogP contribution in [0.2, 0.25) is 0 Å². The highest BCUT2D eigenvalue weighted by atomic mass is 16.3. The highest BCUT2D eigenvalue weighted by Crippen LogP contribution is 2.42. The molecule has 8 aromatic carbocycles. The minimum absolute atomic E-state index is 0.905. The molecule has 0 atom stereocenters. The van der Waals surface area contributed by atoms with E-state index in [-0.39, 0.29) is 0 Å². The first kappa shape index (κ1) is 33.0. The van der Waals surface area contributed by atoms with Crippen molar-refractivity contribution in [3.05, 3.63) is 206 Å². The average Bonchev–Trinajstić information content (AvgIpc) is 3.86. The summed E-state index contributed by atoms with van der Waals surface area (Å²) in [6.07, 6.45) is 8.78. The summed E-state index contributed by atoms with van der Waals surface area (Å²) in [6, 6.07) is 65.0. The van der Waals surface area contributed by atoms with Gasteiger partial charge in [-0.15, -0.1) is 0 Å². The molecule has 0 radical (unpaired) electrons. The van der Waals surface area contributed by atoms with E-state index in [1.807, 2.05) is 24.3 Å². The van der Waals surface area contributed by atoms with Crippen molar-refractivity contribution in [2.75, 3.05) is 4.90 Å². The third-order valence-electron chi connectivity index (χ3n) is 11.4. The molecule has 0 saturated heterocycles. The van der Waals surface area contributed by atoms with E-state index >= 15 is 0 Å². The molecular formula is C54H37NO2. The number of benzene rings is 8. The van der Waals surface area contributed by atoms with Crippen LogP contribution in [0.1, 0.15) is 18.4 Å². The molecule has 57 heavy (non-hydrogen) atoms. The summed E-state index contributed by atoms with van der Waals surface area (Å²) >= 11 is 0. The molecule has 3 nitrogen and oxygen atoms in total. The van der Waals surface area contributed by atoms with Gasteiger partial charge in [-0.3, -0.25) is 0 Å². The van der Waals surface area contributed by atoms with E-state index in [0.29, 0.717) is 0 Å². The smallest absolute Gasteiger partial charge is 0.143 e. The van der Waals surface area contributed by atoms with E-state index in [1.54, 1.807) is 0 Å². The molecule has 0 bridgehead atoms. The molecule has 0 N–H and O–H groups in total. The summed E-state index contributed by atoms with van der Waals surface area (Å²) in [5.74, 6) is 0. The highest BCUT2D eigenvalue weighted by molar-refractivity contribution is 6.10. The van der Waals surface area contributed by atoms with Crippen LogP contribution in [0.4, 0.5) is 17.1 Å². The van der Waals surface area contributed by atoms with Crippen molar-refractivity contribution < 1.29 is 8.83 Å². The fraction of sp³-hybridized carbons (Fsp3) is 0.0370. The highest BCUT2D eigenvalue weighted by Gasteiger charge is 2.18. The molecule has 0 saturated carbocycles. The van der Waals surface area contributed by atoms with Gasteiger partial charge < -0.3 is 13.7 Å². The van der Waals surface area contributed by atoms with Crippen LogP contribution in [0.15, 0.2) is 209 Å². The number of para-hydroxylation sites is 3. The first-order valence-electron chi connectivity index (χ1n) is 19.6. The molecular weight excluding hydrogens is 695 g/mol. The van der Waals surface area contributed by atoms with Gasteiger partial charge in [0, 0.05) is 44.2 Å². The Hall–Kier alpha value is -7.36. The maximum atomic E-state index is 6.48. The Morgan fingerprint density at radius 1 is 0.386 bits per heavy atom. The van der Waals surface area contributed by atoms with Crippen molar-refractivity contribution in [3.8, 4) is 33.4 Å². The number of hydrogen-bond acceptors (Lipinski definition) is 3. The van der Waals surface area contributed by atoms with E-state index in [1.165, 1.54) is 11.1 Å². The van der Waals surface area contributed by atoms with Crippen LogP contribution in [-0.4, -0.2) is 0 Å². The average molecular weight is 732 g/mol. The maximum absolute atomic E-state index is 6.48. The molecule has 1 aliphatic carbocycles. The predicted molar refractivity (Wildman–Crippen MR) is 238 cm³/mol. The summed E-state index contributed by atoms with van der Waals surface area (Å²) in [7, 11) is 0. The maximum Gasteiger partial charge on any atom is 0.143 e. The number of allylic oxidation sites excluding steroid dienone is 4. The van der Waals surface area contributed by atoms with Crippen molar-refractivity contribution >= 4 is 66.5 Å². The Bertz CT molecular complexity index is 3180. The van der Waals surface area contributed by atoms with Crippen LogP contribution in [-0.2, 0) is 0 Å². The Kier molecular flexibility index (Phi) is 7.96. The van der Waals surface area contributed by atoms with Gasteiger partial charge in [0.1, 0.15) is 22.3 Å². The lowest BCUT2D eigenvalue weighted by molar-refractivity contribution is 0.669. The number of rotatable bonds is 7. The lowest BCUT2D eigenvalue weighted by atomic mass is 9.93. The minimum atomic E-state index is 0.905. The van der Waals surface area contributed by atoms with Gasteiger partial charge in [-0.1, -0.05) is 140 Å². The lowest BCUT2D eigenvalue weighted by Gasteiger charge is -2.27. The summed E-state index contributed by atoms with van der Waals surface area (Å²) in [4.78, 5) is 2.37. The van der Waals surface area contributed by atoms with E-state index in [4.69, 9.17) is 8.83 Å². The van der Waals surface area contributed by atoms with Crippen molar-refractivity contribution in [1.29, 1.82) is 0 Å². The first-order chi connectivity index (χ1) is 28.2. The van der Waals surface area contributed by atoms with Crippen molar-refractivity contribution in [3.63, 3.8) is 0 Å². The van der Waals surface area contributed by atoms with E-state index in [2.05, 4.69) is 181 Å². The van der Waals surface area contributed by atoms with Crippen LogP contribution in [0.3, 0.4) is 0 Å². The third-order valence-corrected chi connectivity index (χ3v) is 11.4. The van der Waals surface area contributed by atoms with Gasteiger partial charge in [-0.2, -0.15) is 0 Å². The van der Waals surface area contributed by atoms with Gasteiger partial charge in [-0.25, -0.2) is 0 Å². The molecule has 0 fully saturated rings. The predicted octanol–water partition coefficient (Wildman–Crippen LogP) is 15.7. The van der Waals surface area contributed by atoms with E-state index in [9.17, 15) is 0 Å². The number of anilines is 3. The molecule has 0 spiro atoms. The number of nitrogens with zero attached hydrogens (tertiary/aromatic N) is 1. The fourth-order valence-corrected chi connectivity index (χ4v) is 8.56. The Morgan fingerprint density at radius 3 is 1.77 bits per heavy atom. The van der Waals surface area contributed by atoms with Gasteiger partial charge in [-0.05, 0) is 112 Å². The van der Waals surface area contributed by atoms with Gasteiger partial charge in [0.25, 0.3) is 0 Å². The molecule has 0 aliphatic heterocycles. The van der Waals surface area contributed by atoms with Crippen molar-refractivity contribution in [1.82, 2.24) is 0 Å². The van der Waals surface area contributed by atoms with Gasteiger partial charge in [0.2, 0.25) is 0 Å². The monoisotopic (exact) mass is 731 g/mol. The molecule has 270 valence electrons. The first-order valence-corrected chi connectivity index (χ1v) is 19.6. The molecule has 2 aromatic heterocycles. The molecule has 3 heteroatoms. The third kappa shape index (κ3) is 5.84. The fourth-order valence-electron chi connectivity index (χ4n) is 8.56. The normalized spacial score (nSPS) is 12.8. The summed E-state index contributed by atoms with van der Waals surface area (Å²) in [5, 5.41) is 4.54. The summed E-state index contributed by atoms with van der Waals surface area (Å²) in [6.45, 7) is 0. The Labute approximate surface area is 331 Å². The van der Waals surface area contributed by atoms with Gasteiger partial charge >= 0.3 is 0 Å². The second-order valence-electron chi connectivity index (χ2n) is 14.8. The topological polar surface area (TPSA) is 29.5 Å². The Morgan fingerprint density at radius 2 is 1.00 bits per heavy atom. The minimum Gasteiger partial charge on any atom is -0.456 e. The van der Waals surface area contributed by atoms with Crippen LogP contribution in [0, 0.1) is 0 Å². The van der Waals surface area contributed by atoms with Crippen LogP contribution in [0.5, 0.6) is 0 Å². The molecule has 10 aromatic rings. The second kappa shape index (κ2) is 13.7. The zero-order chi connectivity index (χ0) is 37.7. The number of hydrogen-bond donors (Lipinski definition) is 0. The van der Waals surface area contributed by atoms with E-state index < -0.39 is 0 Å². The SMILES string of the molecule is C1=CCCC(c2cccc(N(c3ccc(-c4ccc5oc6ccccc6c5c4)cc3)c3ccc(-c4ccccc4-c4cccc5c4oc4ccccc45)cc3)c2)=C1. The number of furan rings is 2. The Balaban J connectivity index is 0.989. The molecule has 2 heterocycles. The van der Waals surface area contributed by atoms with Crippen molar-refractivity contribution in [2.24, 2.45) is 0 Å². The van der Waals surface area contributed by atoms with Crippen LogP contribution >= 0.6 is 0 Å². The van der Waals surface area contributed by atoms with E-state index in [0.717, 1.165) is 107 Å².